The normalized spacial score (nSPS) is 18.0. The Labute approximate surface area is 180 Å². The minimum absolute atomic E-state index is 0.0508. The van der Waals surface area contributed by atoms with Crippen molar-refractivity contribution in [1.82, 2.24) is 5.43 Å². The summed E-state index contributed by atoms with van der Waals surface area (Å²) in [4.78, 5) is 11.5. The van der Waals surface area contributed by atoms with Crippen LogP contribution in [0.5, 0.6) is 5.75 Å². The summed E-state index contributed by atoms with van der Waals surface area (Å²) in [5.41, 5.74) is 5.22. The molecule has 1 aliphatic heterocycles. The van der Waals surface area contributed by atoms with E-state index in [0.29, 0.717) is 30.4 Å². The first-order valence-corrected chi connectivity index (χ1v) is 13.3. The van der Waals surface area contributed by atoms with Gasteiger partial charge in [0.2, 0.25) is 5.91 Å². The lowest BCUT2D eigenvalue weighted by molar-refractivity contribution is -0.121. The number of nitrogens with one attached hydrogen (secondary N) is 1. The summed E-state index contributed by atoms with van der Waals surface area (Å²) in [6.45, 7) is 16.1. The van der Waals surface area contributed by atoms with Gasteiger partial charge in [-0.15, -0.1) is 0 Å². The fraction of sp³-hybridized carbons (Fsp3) is 0.545. The van der Waals surface area contributed by atoms with E-state index in [1.54, 1.807) is 0 Å². The van der Waals surface area contributed by atoms with Crippen molar-refractivity contribution in [2.24, 2.45) is 11.0 Å². The quantitative estimate of drug-likeness (QED) is 0.455. The summed E-state index contributed by atoms with van der Waals surface area (Å²) in [6, 6.07) is 3.85. The third kappa shape index (κ3) is 6.17. The molecule has 1 aromatic rings. The van der Waals surface area contributed by atoms with Crippen LogP contribution in [0.2, 0.25) is 23.2 Å². The molecule has 1 amide bonds. The Morgan fingerprint density at radius 3 is 2.52 bits per heavy atom. The fourth-order valence-corrected chi connectivity index (χ4v) is 4.07. The van der Waals surface area contributed by atoms with Gasteiger partial charge in [0.15, 0.2) is 8.32 Å². The Balaban J connectivity index is 1.96. The molecule has 1 N–H and O–H groups in total. The topological polar surface area (TPSA) is 59.9 Å². The number of nitrogens with zero attached hydrogens (tertiary/aromatic N) is 1. The average molecular weight is 437 g/mol. The Hall–Kier alpha value is -1.63. The van der Waals surface area contributed by atoms with E-state index in [1.165, 1.54) is 0 Å². The maximum atomic E-state index is 11.5. The van der Waals surface area contributed by atoms with Gasteiger partial charge in [-0.05, 0) is 48.8 Å². The van der Waals surface area contributed by atoms with E-state index < -0.39 is 8.32 Å². The molecule has 1 aromatic carbocycles. The number of ether oxygens (including phenoxy) is 1. The van der Waals surface area contributed by atoms with Crippen molar-refractivity contribution in [3.05, 3.63) is 40.4 Å². The molecular weight excluding hydrogens is 404 g/mol. The average Bonchev–Trinajstić information content (AvgIpc) is 2.58. The lowest BCUT2D eigenvalue weighted by Gasteiger charge is -2.35. The molecular formula is C22H33ClN2O3Si. The molecule has 5 nitrogen and oxygen atoms in total. The number of amides is 1. The maximum absolute atomic E-state index is 11.5. The van der Waals surface area contributed by atoms with E-state index in [0.717, 1.165) is 16.8 Å². The highest BCUT2D eigenvalue weighted by Gasteiger charge is 2.36. The summed E-state index contributed by atoms with van der Waals surface area (Å²) < 4.78 is 12.0. The lowest BCUT2D eigenvalue weighted by Crippen LogP contribution is -2.40. The molecule has 0 radical (unpaired) electrons. The Bertz CT molecular complexity index is 790. The van der Waals surface area contributed by atoms with Crippen molar-refractivity contribution in [1.29, 1.82) is 0 Å². The van der Waals surface area contributed by atoms with Gasteiger partial charge < -0.3 is 9.16 Å². The van der Waals surface area contributed by atoms with Crippen LogP contribution in [0.4, 0.5) is 0 Å². The van der Waals surface area contributed by atoms with Crippen LogP contribution in [-0.2, 0) is 9.22 Å². The number of aryl methyl sites for hydroxylation is 1. The molecule has 0 fully saturated rings. The van der Waals surface area contributed by atoms with Crippen molar-refractivity contribution < 1.29 is 14.0 Å². The molecule has 29 heavy (non-hydrogen) atoms. The van der Waals surface area contributed by atoms with Gasteiger partial charge in [0.25, 0.3) is 0 Å². The third-order valence-electron chi connectivity index (χ3n) is 5.62. The molecule has 0 bridgehead atoms. The Morgan fingerprint density at radius 2 is 1.93 bits per heavy atom. The molecule has 7 heteroatoms. The Morgan fingerprint density at radius 1 is 1.28 bits per heavy atom. The molecule has 0 aromatic heterocycles. The van der Waals surface area contributed by atoms with Crippen LogP contribution < -0.4 is 10.2 Å². The summed E-state index contributed by atoms with van der Waals surface area (Å²) >= 11 is 6.47. The number of benzene rings is 1. The SMILES string of the molecule is Cc1cc(C2=NNC(=O)CC2C)cc(Cl)c1OCC=CCO[Si](C)(C)C(C)(C)C. The molecule has 1 unspecified atom stereocenters. The second-order valence-electron chi connectivity index (χ2n) is 9.10. The van der Waals surface area contributed by atoms with Gasteiger partial charge in [-0.1, -0.05) is 45.4 Å². The first-order chi connectivity index (χ1) is 13.4. The third-order valence-corrected chi connectivity index (χ3v) is 10.4. The van der Waals surface area contributed by atoms with Crippen LogP contribution in [0.15, 0.2) is 29.4 Å². The van der Waals surface area contributed by atoms with Crippen molar-refractivity contribution in [3.63, 3.8) is 0 Å². The van der Waals surface area contributed by atoms with Gasteiger partial charge in [-0.3, -0.25) is 4.79 Å². The monoisotopic (exact) mass is 436 g/mol. The van der Waals surface area contributed by atoms with Crippen LogP contribution >= 0.6 is 11.6 Å². The molecule has 0 aliphatic carbocycles. The van der Waals surface area contributed by atoms with Gasteiger partial charge in [-0.25, -0.2) is 5.43 Å². The number of hydrazone groups is 1. The molecule has 0 spiro atoms. The minimum atomic E-state index is -1.73. The number of halogens is 1. The largest absolute Gasteiger partial charge is 0.488 e. The highest BCUT2D eigenvalue weighted by atomic mass is 35.5. The zero-order chi connectivity index (χ0) is 21.8. The number of carbonyl (C=O) groups excluding carboxylic acids is 1. The summed E-state index contributed by atoms with van der Waals surface area (Å²) in [7, 11) is -1.73. The van der Waals surface area contributed by atoms with E-state index in [-0.39, 0.29) is 16.9 Å². The van der Waals surface area contributed by atoms with Gasteiger partial charge in [-0.2, -0.15) is 5.10 Å². The fourth-order valence-electron chi connectivity index (χ4n) is 2.80. The first kappa shape index (κ1) is 23.6. The van der Waals surface area contributed by atoms with Crippen LogP contribution in [-0.4, -0.2) is 33.2 Å². The predicted molar refractivity (Wildman–Crippen MR) is 122 cm³/mol. The zero-order valence-electron chi connectivity index (χ0n) is 18.6. The van der Waals surface area contributed by atoms with Crippen molar-refractivity contribution in [2.45, 2.75) is 59.2 Å². The van der Waals surface area contributed by atoms with Crippen LogP contribution in [0.3, 0.4) is 0 Å². The summed E-state index contributed by atoms with van der Waals surface area (Å²) in [5.74, 6) is 0.654. The molecule has 0 saturated heterocycles. The summed E-state index contributed by atoms with van der Waals surface area (Å²) in [6.07, 6.45) is 4.38. The zero-order valence-corrected chi connectivity index (χ0v) is 20.3. The number of hydrogen-bond donors (Lipinski definition) is 1. The standard InChI is InChI=1S/C22H33ClN2O3Si/c1-15-13-19(26)24-25-20(15)17-12-16(2)21(18(23)14-17)27-10-8-9-11-28-29(6,7)22(3,4)5/h8-9,12,14-15H,10-11,13H2,1-7H3,(H,24,26). The van der Waals surface area contributed by atoms with Crippen molar-refractivity contribution >= 4 is 31.5 Å². The highest BCUT2D eigenvalue weighted by molar-refractivity contribution is 6.74. The number of hydrogen-bond acceptors (Lipinski definition) is 4. The van der Waals surface area contributed by atoms with Crippen LogP contribution in [0.1, 0.15) is 45.2 Å². The first-order valence-electron chi connectivity index (χ1n) is 10.0. The molecule has 160 valence electrons. The smallest absolute Gasteiger partial charge is 0.240 e. The van der Waals surface area contributed by atoms with E-state index in [1.807, 2.05) is 38.1 Å². The lowest BCUT2D eigenvalue weighted by atomic mass is 9.93. The van der Waals surface area contributed by atoms with E-state index in [9.17, 15) is 4.79 Å². The maximum Gasteiger partial charge on any atom is 0.240 e. The van der Waals surface area contributed by atoms with Crippen LogP contribution in [0, 0.1) is 12.8 Å². The second kappa shape index (κ2) is 9.45. The van der Waals surface area contributed by atoms with E-state index >= 15 is 0 Å². The number of rotatable bonds is 7. The molecule has 2 rings (SSSR count). The molecule has 1 aliphatic rings. The minimum Gasteiger partial charge on any atom is -0.488 e. The summed E-state index contributed by atoms with van der Waals surface area (Å²) in [5, 5.41) is 4.94. The molecule has 1 atom stereocenters. The Kier molecular flexibility index (Phi) is 7.71. The van der Waals surface area contributed by atoms with Gasteiger partial charge in [0.1, 0.15) is 12.4 Å². The van der Waals surface area contributed by atoms with Gasteiger partial charge in [0, 0.05) is 17.9 Å². The van der Waals surface area contributed by atoms with E-state index in [2.05, 4.69) is 44.4 Å². The second-order valence-corrected chi connectivity index (χ2v) is 14.3. The van der Waals surface area contributed by atoms with Gasteiger partial charge in [0.05, 0.1) is 17.3 Å². The number of carbonyl (C=O) groups is 1. The van der Waals surface area contributed by atoms with Crippen LogP contribution in [0.25, 0.3) is 0 Å². The predicted octanol–water partition coefficient (Wildman–Crippen LogP) is 5.47. The van der Waals surface area contributed by atoms with Crippen molar-refractivity contribution in [3.8, 4) is 5.75 Å². The molecule has 1 heterocycles. The highest BCUT2D eigenvalue weighted by Crippen LogP contribution is 2.36. The van der Waals surface area contributed by atoms with Crippen molar-refractivity contribution in [2.75, 3.05) is 13.2 Å². The van der Waals surface area contributed by atoms with Gasteiger partial charge >= 0.3 is 0 Å². The molecule has 0 saturated carbocycles. The van der Waals surface area contributed by atoms with E-state index in [4.69, 9.17) is 20.8 Å².